The van der Waals surface area contributed by atoms with Crippen LogP contribution in [-0.2, 0) is 0 Å². The monoisotopic (exact) mass is 430 g/mol. The molecule has 0 spiro atoms. The third-order valence-electron chi connectivity index (χ3n) is 11.9. The minimum atomic E-state index is -0.132. The summed E-state index contributed by atoms with van der Waals surface area (Å²) in [4.78, 5) is 5.27. The van der Waals surface area contributed by atoms with Crippen LogP contribution < -0.4 is 0 Å². The van der Waals surface area contributed by atoms with Crippen molar-refractivity contribution >= 4 is 0 Å². The Kier molecular flexibility index (Phi) is 5.30. The van der Waals surface area contributed by atoms with E-state index in [1.165, 1.54) is 90.4 Å². The zero-order valence-corrected chi connectivity index (χ0v) is 20.0. The Bertz CT molecular complexity index is 674. The largest absolute Gasteiger partial charge is 0.391 e. The van der Waals surface area contributed by atoms with Crippen molar-refractivity contribution in [3.8, 4) is 0 Å². The van der Waals surface area contributed by atoms with E-state index in [4.69, 9.17) is 0 Å². The van der Waals surface area contributed by atoms with Gasteiger partial charge in [-0.15, -0.1) is 0 Å². The molecule has 0 aromatic rings. The molecule has 6 fully saturated rings. The zero-order chi connectivity index (χ0) is 21.4. The fraction of sp³-hybridized carbons (Fsp3) is 1.00. The molecule has 2 heterocycles. The van der Waals surface area contributed by atoms with Gasteiger partial charge in [-0.05, 0) is 131 Å². The molecule has 6 aliphatic rings. The van der Waals surface area contributed by atoms with Crippen molar-refractivity contribution in [1.82, 2.24) is 9.80 Å². The lowest BCUT2D eigenvalue weighted by atomic mass is 9.44. The van der Waals surface area contributed by atoms with Crippen LogP contribution in [-0.4, -0.2) is 70.5 Å². The predicted octanol–water partition coefficient (Wildman–Crippen LogP) is 3.90. The van der Waals surface area contributed by atoms with E-state index in [0.29, 0.717) is 29.3 Å². The number of likely N-dealkylation sites (tertiary alicyclic amines) is 2. The first-order valence-corrected chi connectivity index (χ1v) is 13.8. The Hall–Kier alpha value is -0.160. The number of hydrogen-bond donors (Lipinski definition) is 2. The molecule has 0 aromatic heterocycles. The minimum Gasteiger partial charge on any atom is -0.391 e. The molecule has 4 nitrogen and oxygen atoms in total. The van der Waals surface area contributed by atoms with Crippen molar-refractivity contribution in [1.29, 1.82) is 0 Å². The van der Waals surface area contributed by atoms with Gasteiger partial charge in [0.1, 0.15) is 0 Å². The predicted molar refractivity (Wildman–Crippen MR) is 124 cm³/mol. The molecule has 6 rings (SSSR count). The van der Waals surface area contributed by atoms with E-state index in [1.54, 1.807) is 0 Å². The van der Waals surface area contributed by atoms with Gasteiger partial charge in [-0.2, -0.15) is 0 Å². The van der Waals surface area contributed by atoms with Crippen LogP contribution in [0.4, 0.5) is 0 Å². The van der Waals surface area contributed by atoms with Gasteiger partial charge in [-0.3, -0.25) is 9.80 Å². The number of aliphatic hydroxyl groups excluding tert-OH is 2. The fourth-order valence-corrected chi connectivity index (χ4v) is 10.1. The third kappa shape index (κ3) is 3.14. The van der Waals surface area contributed by atoms with Crippen LogP contribution in [0.2, 0.25) is 0 Å². The van der Waals surface area contributed by atoms with Crippen molar-refractivity contribution in [2.45, 2.75) is 109 Å². The molecule has 2 saturated heterocycles. The summed E-state index contributed by atoms with van der Waals surface area (Å²) >= 11 is 0. The van der Waals surface area contributed by atoms with Gasteiger partial charge in [0.25, 0.3) is 0 Å². The Labute approximate surface area is 189 Å². The Morgan fingerprint density at radius 3 is 2.03 bits per heavy atom. The molecule has 176 valence electrons. The molecule has 2 N–H and O–H groups in total. The Balaban J connectivity index is 1.26. The second-order valence-corrected chi connectivity index (χ2v) is 13.0. The molecule has 4 aliphatic carbocycles. The van der Waals surface area contributed by atoms with Gasteiger partial charge in [-0.1, -0.05) is 13.8 Å². The maximum absolute atomic E-state index is 11.5. The smallest absolute Gasteiger partial charge is 0.0751 e. The quantitative estimate of drug-likeness (QED) is 0.698. The highest BCUT2D eigenvalue weighted by Gasteiger charge is 2.63. The van der Waals surface area contributed by atoms with Crippen molar-refractivity contribution in [3.63, 3.8) is 0 Å². The first kappa shape index (κ1) is 21.4. The molecule has 0 amide bonds. The summed E-state index contributed by atoms with van der Waals surface area (Å²) in [5.74, 6) is 2.98. The molecule has 4 heteroatoms. The second-order valence-electron chi connectivity index (χ2n) is 13.0. The third-order valence-corrected chi connectivity index (χ3v) is 11.9. The summed E-state index contributed by atoms with van der Waals surface area (Å²) < 4.78 is 0. The Morgan fingerprint density at radius 1 is 0.710 bits per heavy atom. The normalized spacial score (nSPS) is 55.7. The van der Waals surface area contributed by atoms with E-state index < -0.39 is 0 Å². The van der Waals surface area contributed by atoms with E-state index in [0.717, 1.165) is 18.3 Å². The van der Waals surface area contributed by atoms with Crippen LogP contribution in [0.25, 0.3) is 0 Å². The van der Waals surface area contributed by atoms with E-state index in [9.17, 15) is 10.2 Å². The van der Waals surface area contributed by atoms with Crippen LogP contribution in [0.5, 0.6) is 0 Å². The number of rotatable bonds is 2. The van der Waals surface area contributed by atoms with Gasteiger partial charge in [0.15, 0.2) is 0 Å². The first-order valence-electron chi connectivity index (χ1n) is 13.8. The highest BCUT2D eigenvalue weighted by atomic mass is 16.3. The van der Waals surface area contributed by atoms with E-state index in [2.05, 4.69) is 23.6 Å². The van der Waals surface area contributed by atoms with Gasteiger partial charge in [0, 0.05) is 12.1 Å². The average Bonchev–Trinajstić information content (AvgIpc) is 3.50. The van der Waals surface area contributed by atoms with Crippen LogP contribution in [0.1, 0.15) is 84.5 Å². The molecule has 31 heavy (non-hydrogen) atoms. The highest BCUT2D eigenvalue weighted by Crippen LogP contribution is 2.66. The van der Waals surface area contributed by atoms with Gasteiger partial charge in [0.2, 0.25) is 0 Å². The van der Waals surface area contributed by atoms with Crippen LogP contribution in [0, 0.1) is 34.5 Å². The van der Waals surface area contributed by atoms with Crippen molar-refractivity contribution in [2.75, 3.05) is 26.2 Å². The summed E-state index contributed by atoms with van der Waals surface area (Å²) in [6.07, 6.45) is 13.6. The maximum Gasteiger partial charge on any atom is 0.0751 e. The van der Waals surface area contributed by atoms with E-state index in [1.807, 2.05) is 0 Å². The maximum atomic E-state index is 11.5. The van der Waals surface area contributed by atoms with Gasteiger partial charge >= 0.3 is 0 Å². The van der Waals surface area contributed by atoms with Crippen molar-refractivity contribution < 1.29 is 10.2 Å². The summed E-state index contributed by atoms with van der Waals surface area (Å²) in [6, 6.07) is 0.801. The lowest BCUT2D eigenvalue weighted by Crippen LogP contribution is -2.59. The summed E-state index contributed by atoms with van der Waals surface area (Å²) in [6.45, 7) is 9.86. The molecular weight excluding hydrogens is 384 g/mol. The highest BCUT2D eigenvalue weighted by molar-refractivity contribution is 5.14. The van der Waals surface area contributed by atoms with Crippen LogP contribution in [0.3, 0.4) is 0 Å². The summed E-state index contributed by atoms with van der Waals surface area (Å²) in [5.41, 5.74) is 0.508. The molecule has 0 bridgehead atoms. The zero-order valence-electron chi connectivity index (χ0n) is 20.0. The van der Waals surface area contributed by atoms with Gasteiger partial charge < -0.3 is 10.2 Å². The molecule has 0 radical (unpaired) electrons. The van der Waals surface area contributed by atoms with Crippen LogP contribution >= 0.6 is 0 Å². The Morgan fingerprint density at radius 2 is 1.35 bits per heavy atom. The summed E-state index contributed by atoms with van der Waals surface area (Å²) in [5, 5.41) is 22.6. The second kappa shape index (κ2) is 7.68. The van der Waals surface area contributed by atoms with E-state index in [-0.39, 0.29) is 17.6 Å². The average molecular weight is 431 g/mol. The minimum absolute atomic E-state index is 0.116. The van der Waals surface area contributed by atoms with Gasteiger partial charge in [0.05, 0.1) is 12.2 Å². The van der Waals surface area contributed by atoms with E-state index >= 15 is 0 Å². The first-order chi connectivity index (χ1) is 14.9. The van der Waals surface area contributed by atoms with Crippen LogP contribution in [0.15, 0.2) is 0 Å². The number of hydrogen-bond acceptors (Lipinski definition) is 4. The number of fused-ring (bicyclic) bond motifs is 5. The SMILES string of the molecule is CC12CC(N3CCCC3)C(O)CC1CCC1C2CCC2(C)C(O)C(N3CCCC3)CC12. The molecule has 10 atom stereocenters. The topological polar surface area (TPSA) is 46.9 Å². The molecular formula is C27H46N2O2. The fourth-order valence-electron chi connectivity index (χ4n) is 10.1. The number of nitrogens with zero attached hydrogens (tertiary/aromatic N) is 2. The molecule has 2 aliphatic heterocycles. The lowest BCUT2D eigenvalue weighted by Gasteiger charge is -2.62. The number of aliphatic hydroxyl groups is 2. The van der Waals surface area contributed by atoms with Gasteiger partial charge in [-0.25, -0.2) is 0 Å². The lowest BCUT2D eigenvalue weighted by molar-refractivity contribution is -0.152. The standard InChI is InChI=1S/C27H46N2O2/c1-26-10-9-20-19(21(26)16-22(25(26)31)28-11-3-4-12-28)8-7-18-15-24(30)23(17-27(18,20)2)29-13-5-6-14-29/h18-25,30-31H,3-17H2,1-2H3. The molecule has 0 aromatic carbocycles. The van der Waals surface area contributed by atoms with Crippen molar-refractivity contribution in [2.24, 2.45) is 34.5 Å². The molecule has 10 unspecified atom stereocenters. The molecule has 4 saturated carbocycles. The van der Waals surface area contributed by atoms with Crippen molar-refractivity contribution in [3.05, 3.63) is 0 Å². The summed E-state index contributed by atoms with van der Waals surface area (Å²) in [7, 11) is 0.